The summed E-state index contributed by atoms with van der Waals surface area (Å²) >= 11 is 0. The third-order valence-electron chi connectivity index (χ3n) is 4.80. The van der Waals surface area contributed by atoms with Gasteiger partial charge in [0.25, 0.3) is 0 Å². The molecule has 0 radical (unpaired) electrons. The van der Waals surface area contributed by atoms with Crippen LogP contribution >= 0.6 is 0 Å². The number of rotatable bonds is 5. The molecule has 0 unspecified atom stereocenters. The molecule has 0 bridgehead atoms. The van der Waals surface area contributed by atoms with E-state index < -0.39 is 0 Å². The number of carbonyl (C=O) groups excluding carboxylic acids is 2. The predicted octanol–water partition coefficient (Wildman–Crippen LogP) is 1.93. The van der Waals surface area contributed by atoms with Crippen LogP contribution in [0.25, 0.3) is 11.5 Å². The van der Waals surface area contributed by atoms with E-state index >= 15 is 0 Å². The van der Waals surface area contributed by atoms with E-state index in [0.29, 0.717) is 43.3 Å². The van der Waals surface area contributed by atoms with Gasteiger partial charge in [0.15, 0.2) is 0 Å². The Hall–Kier alpha value is -2.83. The van der Waals surface area contributed by atoms with Crippen molar-refractivity contribution < 1.29 is 18.7 Å². The van der Waals surface area contributed by atoms with Gasteiger partial charge in [-0.1, -0.05) is 0 Å². The summed E-state index contributed by atoms with van der Waals surface area (Å²) in [5.41, 5.74) is 6.80. The van der Waals surface area contributed by atoms with Crippen LogP contribution < -0.4 is 10.5 Å². The van der Waals surface area contributed by atoms with Gasteiger partial charge in [-0.3, -0.25) is 9.59 Å². The molecule has 0 spiro atoms. The summed E-state index contributed by atoms with van der Waals surface area (Å²) in [6, 6.07) is 7.40. The van der Waals surface area contributed by atoms with E-state index in [1.165, 1.54) is 0 Å². The first kappa shape index (κ1) is 18.0. The summed E-state index contributed by atoms with van der Waals surface area (Å²) in [6.45, 7) is 2.91. The first-order valence-electron chi connectivity index (χ1n) is 8.65. The molecule has 138 valence electrons. The summed E-state index contributed by atoms with van der Waals surface area (Å²) in [4.78, 5) is 30.0. The van der Waals surface area contributed by atoms with Gasteiger partial charge >= 0.3 is 0 Å². The third-order valence-corrected chi connectivity index (χ3v) is 4.80. The van der Waals surface area contributed by atoms with Gasteiger partial charge in [0.05, 0.1) is 19.2 Å². The van der Waals surface area contributed by atoms with Gasteiger partial charge in [0, 0.05) is 24.6 Å². The topological polar surface area (TPSA) is 98.7 Å². The Morgan fingerprint density at radius 2 is 1.92 bits per heavy atom. The summed E-state index contributed by atoms with van der Waals surface area (Å²) in [7, 11) is 1.61. The summed E-state index contributed by atoms with van der Waals surface area (Å²) < 4.78 is 10.9. The molecule has 7 nitrogen and oxygen atoms in total. The number of oxazole rings is 1. The zero-order chi connectivity index (χ0) is 18.7. The highest BCUT2D eigenvalue weighted by molar-refractivity contribution is 5.80. The fourth-order valence-corrected chi connectivity index (χ4v) is 3.12. The van der Waals surface area contributed by atoms with E-state index in [9.17, 15) is 9.59 Å². The predicted molar refractivity (Wildman–Crippen MR) is 95.4 cm³/mol. The van der Waals surface area contributed by atoms with Crippen LogP contribution in [0, 0.1) is 12.8 Å². The number of piperidine rings is 1. The van der Waals surface area contributed by atoms with E-state index in [1.54, 1.807) is 12.0 Å². The van der Waals surface area contributed by atoms with Crippen LogP contribution in [0.3, 0.4) is 0 Å². The molecule has 0 aliphatic carbocycles. The Balaban J connectivity index is 1.66. The van der Waals surface area contributed by atoms with E-state index in [0.717, 1.165) is 11.3 Å². The quantitative estimate of drug-likeness (QED) is 0.881. The van der Waals surface area contributed by atoms with Gasteiger partial charge < -0.3 is 19.8 Å². The molecule has 1 fully saturated rings. The number of likely N-dealkylation sites (tertiary alicyclic amines) is 1. The van der Waals surface area contributed by atoms with E-state index in [-0.39, 0.29) is 24.2 Å². The maximum absolute atomic E-state index is 12.5. The summed E-state index contributed by atoms with van der Waals surface area (Å²) in [5, 5.41) is 0. The molecule has 1 aromatic heterocycles. The van der Waals surface area contributed by atoms with Crippen LogP contribution in [0.1, 0.15) is 24.3 Å². The molecule has 1 aliphatic rings. The van der Waals surface area contributed by atoms with E-state index in [1.807, 2.05) is 31.2 Å². The molecule has 7 heteroatoms. The Labute approximate surface area is 152 Å². The number of primary amides is 1. The molecule has 1 aliphatic heterocycles. The number of aromatic nitrogens is 1. The molecule has 0 atom stereocenters. The molecule has 2 amide bonds. The molecular formula is C19H23N3O4. The van der Waals surface area contributed by atoms with Gasteiger partial charge in [-0.25, -0.2) is 4.98 Å². The van der Waals surface area contributed by atoms with Crippen molar-refractivity contribution >= 4 is 11.8 Å². The van der Waals surface area contributed by atoms with Crippen molar-refractivity contribution in [1.29, 1.82) is 0 Å². The number of carbonyl (C=O) groups is 2. The maximum Gasteiger partial charge on any atom is 0.228 e. The first-order chi connectivity index (χ1) is 12.5. The Morgan fingerprint density at radius 3 is 2.50 bits per heavy atom. The summed E-state index contributed by atoms with van der Waals surface area (Å²) in [5.74, 6) is 1.46. The van der Waals surface area contributed by atoms with E-state index in [4.69, 9.17) is 14.9 Å². The van der Waals surface area contributed by atoms with Crippen LogP contribution in [0.2, 0.25) is 0 Å². The van der Waals surface area contributed by atoms with Crippen molar-refractivity contribution in [3.05, 3.63) is 35.7 Å². The average Bonchev–Trinajstić information content (AvgIpc) is 3.02. The number of ether oxygens (including phenoxy) is 1. The zero-order valence-electron chi connectivity index (χ0n) is 15.0. The van der Waals surface area contributed by atoms with Crippen LogP contribution in [0.4, 0.5) is 0 Å². The standard InChI is InChI=1S/C19H23N3O4/c1-12-16(11-17(23)22-9-7-13(8-10-22)18(20)24)21-19(26-12)14-3-5-15(25-2)6-4-14/h3-6,13H,7-11H2,1-2H3,(H2,20,24). The van der Waals surface area contributed by atoms with E-state index in [2.05, 4.69) is 4.98 Å². The molecule has 1 aromatic carbocycles. The molecule has 2 N–H and O–H groups in total. The number of hydrogen-bond acceptors (Lipinski definition) is 5. The fourth-order valence-electron chi connectivity index (χ4n) is 3.12. The minimum absolute atomic E-state index is 0.00870. The molecule has 26 heavy (non-hydrogen) atoms. The maximum atomic E-state index is 12.5. The number of nitrogens with two attached hydrogens (primary N) is 1. The van der Waals surface area contributed by atoms with Crippen molar-refractivity contribution in [3.8, 4) is 17.2 Å². The lowest BCUT2D eigenvalue weighted by atomic mass is 9.96. The number of aryl methyl sites for hydroxylation is 1. The van der Waals surface area contributed by atoms with Gasteiger partial charge in [0.1, 0.15) is 11.5 Å². The van der Waals surface area contributed by atoms with Crippen molar-refractivity contribution in [3.63, 3.8) is 0 Å². The van der Waals surface area contributed by atoms with Crippen LogP contribution in [0.15, 0.2) is 28.7 Å². The third kappa shape index (κ3) is 3.87. The number of methoxy groups -OCH3 is 1. The minimum atomic E-state index is -0.284. The number of benzene rings is 1. The van der Waals surface area contributed by atoms with Crippen LogP contribution in [-0.2, 0) is 16.0 Å². The van der Waals surface area contributed by atoms with Crippen LogP contribution in [0.5, 0.6) is 5.75 Å². The Kier molecular flexibility index (Phi) is 5.25. The highest BCUT2D eigenvalue weighted by Gasteiger charge is 2.26. The normalized spacial score (nSPS) is 15.1. The Bertz CT molecular complexity index is 790. The van der Waals surface area contributed by atoms with Crippen molar-refractivity contribution in [1.82, 2.24) is 9.88 Å². The van der Waals surface area contributed by atoms with Crippen molar-refractivity contribution in [2.45, 2.75) is 26.2 Å². The lowest BCUT2D eigenvalue weighted by Gasteiger charge is -2.30. The second-order valence-corrected chi connectivity index (χ2v) is 6.48. The second kappa shape index (κ2) is 7.59. The van der Waals surface area contributed by atoms with Gasteiger partial charge in [-0.05, 0) is 44.0 Å². The van der Waals surface area contributed by atoms with Gasteiger partial charge in [0.2, 0.25) is 17.7 Å². The first-order valence-corrected chi connectivity index (χ1v) is 8.65. The van der Waals surface area contributed by atoms with Gasteiger partial charge in [-0.2, -0.15) is 0 Å². The minimum Gasteiger partial charge on any atom is -0.497 e. The smallest absolute Gasteiger partial charge is 0.228 e. The molecule has 0 saturated carbocycles. The molecule has 3 rings (SSSR count). The van der Waals surface area contributed by atoms with Crippen LogP contribution in [-0.4, -0.2) is 41.9 Å². The van der Waals surface area contributed by atoms with Gasteiger partial charge in [-0.15, -0.1) is 0 Å². The lowest BCUT2D eigenvalue weighted by molar-refractivity contribution is -0.134. The number of hydrogen-bond donors (Lipinski definition) is 1. The highest BCUT2D eigenvalue weighted by atomic mass is 16.5. The fraction of sp³-hybridized carbons (Fsp3) is 0.421. The van der Waals surface area contributed by atoms with Crippen molar-refractivity contribution in [2.24, 2.45) is 11.7 Å². The number of amides is 2. The largest absolute Gasteiger partial charge is 0.497 e. The molecule has 2 heterocycles. The highest BCUT2D eigenvalue weighted by Crippen LogP contribution is 2.25. The number of nitrogens with zero attached hydrogens (tertiary/aromatic N) is 2. The molecule has 2 aromatic rings. The molecular weight excluding hydrogens is 334 g/mol. The zero-order valence-corrected chi connectivity index (χ0v) is 15.0. The molecule has 1 saturated heterocycles. The lowest BCUT2D eigenvalue weighted by Crippen LogP contribution is -2.42. The Morgan fingerprint density at radius 1 is 1.27 bits per heavy atom. The monoisotopic (exact) mass is 357 g/mol. The second-order valence-electron chi connectivity index (χ2n) is 6.48. The summed E-state index contributed by atoms with van der Waals surface area (Å²) in [6.07, 6.45) is 1.43. The SMILES string of the molecule is COc1ccc(-c2nc(CC(=O)N3CCC(C(N)=O)CC3)c(C)o2)cc1. The average molecular weight is 357 g/mol. The van der Waals surface area contributed by atoms with Crippen molar-refractivity contribution in [2.75, 3.05) is 20.2 Å².